The summed E-state index contributed by atoms with van der Waals surface area (Å²) in [5.41, 5.74) is -0.804. The molecule has 2 fully saturated rings. The van der Waals surface area contributed by atoms with Crippen molar-refractivity contribution in [1.29, 1.82) is 0 Å². The summed E-state index contributed by atoms with van der Waals surface area (Å²) in [5, 5.41) is 2.79. The molecule has 4 rings (SSSR count). The van der Waals surface area contributed by atoms with E-state index < -0.39 is 11.7 Å². The highest BCUT2D eigenvalue weighted by Crippen LogP contribution is 2.35. The molecular weight excluding hydrogens is 323 g/mol. The van der Waals surface area contributed by atoms with Crippen LogP contribution < -0.4 is 5.32 Å². The summed E-state index contributed by atoms with van der Waals surface area (Å²) >= 11 is 0. The molecule has 1 N–H and O–H groups in total. The lowest BCUT2D eigenvalue weighted by molar-refractivity contribution is -0.136. The molecule has 0 aliphatic carbocycles. The normalized spacial score (nSPS) is 26.7. The van der Waals surface area contributed by atoms with Crippen molar-refractivity contribution in [2.75, 3.05) is 19.6 Å². The van der Waals surface area contributed by atoms with Crippen LogP contribution in [0.3, 0.4) is 0 Å². The number of alkyl halides is 3. The second-order valence-corrected chi connectivity index (χ2v) is 6.53. The molecule has 2 unspecified atom stereocenters. The van der Waals surface area contributed by atoms with Crippen LogP contribution in [0.15, 0.2) is 22.9 Å². The minimum Gasteiger partial charge on any atom is -0.464 e. The second kappa shape index (κ2) is 5.47. The van der Waals surface area contributed by atoms with Gasteiger partial charge in [-0.2, -0.15) is 13.2 Å². The third kappa shape index (κ3) is 2.75. The molecule has 0 radical (unpaired) electrons. The maximum Gasteiger partial charge on any atom is 0.420 e. The summed E-state index contributed by atoms with van der Waals surface area (Å²) in [6.07, 6.45) is -0.718. The number of aromatic nitrogens is 1. The lowest BCUT2D eigenvalue weighted by Crippen LogP contribution is -2.47. The fourth-order valence-electron chi connectivity index (χ4n) is 3.69. The largest absolute Gasteiger partial charge is 0.464 e. The van der Waals surface area contributed by atoms with E-state index in [0.29, 0.717) is 12.2 Å². The van der Waals surface area contributed by atoms with Crippen molar-refractivity contribution in [3.63, 3.8) is 0 Å². The third-order valence-corrected chi connectivity index (χ3v) is 4.80. The van der Waals surface area contributed by atoms with Gasteiger partial charge in [-0.15, -0.1) is 0 Å². The summed E-state index contributed by atoms with van der Waals surface area (Å²) in [4.78, 5) is 18.5. The predicted molar refractivity (Wildman–Crippen MR) is 79.4 cm³/mol. The molecule has 2 aromatic rings. The summed E-state index contributed by atoms with van der Waals surface area (Å²) in [6.45, 7) is 2.96. The molecule has 5 nitrogen and oxygen atoms in total. The van der Waals surface area contributed by atoms with E-state index in [1.54, 1.807) is 0 Å². The molecule has 2 aliphatic rings. The van der Waals surface area contributed by atoms with Crippen LogP contribution in [0.5, 0.6) is 0 Å². The lowest BCUT2D eigenvalue weighted by Gasteiger charge is -2.30. The van der Waals surface area contributed by atoms with Gasteiger partial charge in [-0.25, -0.2) is 0 Å². The van der Waals surface area contributed by atoms with Gasteiger partial charge in [0.25, 0.3) is 5.91 Å². The number of amides is 1. The van der Waals surface area contributed by atoms with E-state index in [-0.39, 0.29) is 28.6 Å². The van der Waals surface area contributed by atoms with Crippen LogP contribution in [0.2, 0.25) is 0 Å². The Balaban J connectivity index is 1.52. The molecule has 0 aromatic carbocycles. The number of nitrogens with one attached hydrogen (secondary N) is 1. The Kier molecular flexibility index (Phi) is 3.52. The highest BCUT2D eigenvalue weighted by molar-refractivity contribution is 5.96. The van der Waals surface area contributed by atoms with Crippen molar-refractivity contribution in [2.45, 2.75) is 25.1 Å². The molecular formula is C16H16F3N3O2. The van der Waals surface area contributed by atoms with E-state index in [4.69, 9.17) is 4.42 Å². The van der Waals surface area contributed by atoms with Crippen molar-refractivity contribution >= 4 is 16.9 Å². The molecule has 128 valence electrons. The van der Waals surface area contributed by atoms with Crippen molar-refractivity contribution < 1.29 is 22.4 Å². The maximum absolute atomic E-state index is 12.8. The molecule has 8 heteroatoms. The average molecular weight is 339 g/mol. The van der Waals surface area contributed by atoms with Gasteiger partial charge < -0.3 is 14.6 Å². The molecule has 0 spiro atoms. The van der Waals surface area contributed by atoms with Crippen molar-refractivity contribution in [2.24, 2.45) is 5.92 Å². The molecule has 2 aromatic heterocycles. The second-order valence-electron chi connectivity index (χ2n) is 6.53. The number of halogens is 3. The van der Waals surface area contributed by atoms with E-state index in [1.807, 2.05) is 0 Å². The van der Waals surface area contributed by atoms with Crippen LogP contribution in [-0.2, 0) is 6.18 Å². The number of pyridine rings is 1. The average Bonchev–Trinajstić information content (AvgIpc) is 3.09. The number of nitrogens with zero attached hydrogens (tertiary/aromatic N) is 2. The Bertz CT molecular complexity index is 774. The van der Waals surface area contributed by atoms with Gasteiger partial charge in [0.2, 0.25) is 0 Å². The zero-order valence-electron chi connectivity index (χ0n) is 12.8. The number of piperidine rings is 1. The first-order valence-electron chi connectivity index (χ1n) is 7.88. The Morgan fingerprint density at radius 1 is 1.38 bits per heavy atom. The van der Waals surface area contributed by atoms with Crippen molar-refractivity contribution in [1.82, 2.24) is 15.2 Å². The van der Waals surface area contributed by atoms with Crippen molar-refractivity contribution in [3.05, 3.63) is 29.8 Å². The SMILES string of the molecule is O=C(N[C@@H]1CC2CCN(C2)C1)c1cc2occ(C(F)(F)F)c2cn1. The zero-order valence-corrected chi connectivity index (χ0v) is 12.8. The number of carbonyl (C=O) groups is 1. The standard InChI is InChI=1S/C16H16F3N3O2/c17-16(18,19)12-8-24-14-4-13(20-5-11(12)14)15(23)21-10-3-9-1-2-22(6-9)7-10/h4-5,8-10H,1-3,6-7H2,(H,21,23)/t9?,10-/m1/s1. The number of fused-ring (bicyclic) bond motifs is 3. The van der Waals surface area contributed by atoms with Gasteiger partial charge >= 0.3 is 6.18 Å². The molecule has 2 bridgehead atoms. The van der Waals surface area contributed by atoms with Crippen LogP contribution in [0.1, 0.15) is 28.9 Å². The highest BCUT2D eigenvalue weighted by atomic mass is 19.4. The van der Waals surface area contributed by atoms with E-state index >= 15 is 0 Å². The first-order valence-corrected chi connectivity index (χ1v) is 7.88. The first kappa shape index (κ1) is 15.4. The third-order valence-electron chi connectivity index (χ3n) is 4.80. The molecule has 3 atom stereocenters. The topological polar surface area (TPSA) is 58.4 Å². The van der Waals surface area contributed by atoms with Gasteiger partial charge in [-0.05, 0) is 25.3 Å². The molecule has 4 heterocycles. The van der Waals surface area contributed by atoms with Gasteiger partial charge in [-0.1, -0.05) is 0 Å². The van der Waals surface area contributed by atoms with E-state index in [1.165, 1.54) is 6.07 Å². The van der Waals surface area contributed by atoms with Gasteiger partial charge in [0.15, 0.2) is 0 Å². The smallest absolute Gasteiger partial charge is 0.420 e. The maximum atomic E-state index is 12.8. The molecule has 24 heavy (non-hydrogen) atoms. The Morgan fingerprint density at radius 2 is 2.21 bits per heavy atom. The number of rotatable bonds is 2. The quantitative estimate of drug-likeness (QED) is 0.914. The molecule has 1 amide bonds. The fourth-order valence-corrected chi connectivity index (χ4v) is 3.69. The predicted octanol–water partition coefficient (Wildman–Crippen LogP) is 2.67. The summed E-state index contributed by atoms with van der Waals surface area (Å²) in [6, 6.07) is 1.32. The van der Waals surface area contributed by atoms with Gasteiger partial charge in [0.1, 0.15) is 23.1 Å². The van der Waals surface area contributed by atoms with Crippen LogP contribution >= 0.6 is 0 Å². The minimum atomic E-state index is -4.51. The van der Waals surface area contributed by atoms with Gasteiger partial charge in [-0.3, -0.25) is 9.78 Å². The minimum absolute atomic E-state index is 0.00920. The fraction of sp³-hybridized carbons (Fsp3) is 0.500. The van der Waals surface area contributed by atoms with E-state index in [2.05, 4.69) is 15.2 Å². The van der Waals surface area contributed by atoms with Crippen LogP contribution in [0, 0.1) is 5.92 Å². The molecule has 2 aliphatic heterocycles. The number of hydrogen-bond donors (Lipinski definition) is 1. The van der Waals surface area contributed by atoms with E-state index in [9.17, 15) is 18.0 Å². The monoisotopic (exact) mass is 339 g/mol. The summed E-state index contributed by atoms with van der Waals surface area (Å²) in [7, 11) is 0. The van der Waals surface area contributed by atoms with Crippen LogP contribution in [0.4, 0.5) is 13.2 Å². The Morgan fingerprint density at radius 3 is 2.96 bits per heavy atom. The number of furan rings is 1. The Labute approximate surface area is 135 Å². The Hall–Kier alpha value is -2.09. The van der Waals surface area contributed by atoms with E-state index in [0.717, 1.165) is 38.7 Å². The van der Waals surface area contributed by atoms with Crippen LogP contribution in [0.25, 0.3) is 11.0 Å². The van der Waals surface area contributed by atoms with Gasteiger partial charge in [0.05, 0.1) is 5.39 Å². The zero-order chi connectivity index (χ0) is 16.9. The summed E-state index contributed by atoms with van der Waals surface area (Å²) in [5.74, 6) is 0.230. The highest BCUT2D eigenvalue weighted by Gasteiger charge is 2.35. The number of hydrogen-bond acceptors (Lipinski definition) is 4. The van der Waals surface area contributed by atoms with Crippen molar-refractivity contribution in [3.8, 4) is 0 Å². The van der Waals surface area contributed by atoms with Crippen LogP contribution in [-0.4, -0.2) is 41.5 Å². The number of carbonyl (C=O) groups excluding carboxylic acids is 1. The van der Waals surface area contributed by atoms with Gasteiger partial charge in [0, 0.05) is 31.4 Å². The lowest BCUT2D eigenvalue weighted by atomic mass is 9.97. The molecule has 0 saturated carbocycles. The molecule has 2 saturated heterocycles. The summed E-state index contributed by atoms with van der Waals surface area (Å²) < 4.78 is 43.4. The first-order chi connectivity index (χ1) is 11.4.